The summed E-state index contributed by atoms with van der Waals surface area (Å²) in [7, 11) is 0. The molecule has 6 rings (SSSR count). The van der Waals surface area contributed by atoms with Gasteiger partial charge in [0, 0.05) is 17.8 Å². The summed E-state index contributed by atoms with van der Waals surface area (Å²) in [5.74, 6) is 1.95. The van der Waals surface area contributed by atoms with Crippen molar-refractivity contribution in [1.29, 1.82) is 0 Å². The van der Waals surface area contributed by atoms with Crippen LogP contribution in [0.2, 0.25) is 0 Å². The van der Waals surface area contributed by atoms with Crippen LogP contribution in [0.25, 0.3) is 0 Å². The van der Waals surface area contributed by atoms with E-state index in [2.05, 4.69) is 24.2 Å². The Balaban J connectivity index is 1.27. The number of aromatic nitrogens is 3. The average molecular weight is 413 g/mol. The highest BCUT2D eigenvalue weighted by Gasteiger charge is 2.76. The fourth-order valence-electron chi connectivity index (χ4n) is 8.35. The Morgan fingerprint density at radius 2 is 2.07 bits per heavy atom. The number of carbonyl (C=O) groups excluding carboxylic acids is 1. The summed E-state index contributed by atoms with van der Waals surface area (Å²) in [6, 6.07) is 0. The number of carbonyl (C=O) groups is 1. The van der Waals surface area contributed by atoms with Crippen molar-refractivity contribution in [2.75, 3.05) is 0 Å². The fourth-order valence-corrected chi connectivity index (χ4v) is 8.35. The van der Waals surface area contributed by atoms with Crippen LogP contribution in [0.5, 0.6) is 0 Å². The number of hydrogen-bond donors (Lipinski definition) is 0. The largest absolute Gasteiger partial charge is 0.462 e. The Morgan fingerprint density at radius 3 is 2.83 bits per heavy atom. The monoisotopic (exact) mass is 412 g/mol. The van der Waals surface area contributed by atoms with E-state index in [1.807, 2.05) is 0 Å². The van der Waals surface area contributed by atoms with E-state index >= 15 is 0 Å². The lowest BCUT2D eigenvalue weighted by Gasteiger charge is -2.59. The molecule has 8 atom stereocenters. The van der Waals surface area contributed by atoms with Crippen LogP contribution in [-0.2, 0) is 14.3 Å². The highest BCUT2D eigenvalue weighted by Crippen LogP contribution is 2.72. The number of fused-ring (bicyclic) bond motifs is 4. The molecule has 162 valence electrons. The minimum atomic E-state index is -0.126. The zero-order chi connectivity index (χ0) is 20.7. The second kappa shape index (κ2) is 6.15. The van der Waals surface area contributed by atoms with Crippen LogP contribution in [0.4, 0.5) is 0 Å². The molecule has 1 aromatic rings. The van der Waals surface area contributed by atoms with E-state index in [4.69, 9.17) is 14.6 Å². The molecular formula is C23H32N4O3. The lowest BCUT2D eigenvalue weighted by Crippen LogP contribution is -2.58. The van der Waals surface area contributed by atoms with Gasteiger partial charge in [-0.25, -0.2) is 0 Å². The predicted molar refractivity (Wildman–Crippen MR) is 110 cm³/mol. The molecule has 4 saturated carbocycles. The lowest BCUT2D eigenvalue weighted by molar-refractivity contribution is -0.160. The van der Waals surface area contributed by atoms with Crippen LogP contribution < -0.4 is 0 Å². The standard InChI is InChI=1S/C23H32N4O3/c1-14(28)29-19-5-4-16-15-6-11-23-20(30-23)18(25-27-13-12-24-26-27)8-10-22(23,3)17(15)7-9-21(16,19)2/h12-13,15-17,19-20H,4-11H2,1-3H3/b25-18+. The van der Waals surface area contributed by atoms with E-state index in [-0.39, 0.29) is 34.6 Å². The van der Waals surface area contributed by atoms with Gasteiger partial charge in [0.1, 0.15) is 17.8 Å². The molecule has 1 spiro atoms. The summed E-state index contributed by atoms with van der Waals surface area (Å²) in [6.45, 7) is 6.44. The second-order valence-electron chi connectivity index (χ2n) is 10.9. The first-order valence-electron chi connectivity index (χ1n) is 11.7. The van der Waals surface area contributed by atoms with Crippen LogP contribution >= 0.6 is 0 Å². The van der Waals surface area contributed by atoms with Crippen molar-refractivity contribution < 1.29 is 14.3 Å². The molecule has 1 aliphatic heterocycles. The normalized spacial score (nSPS) is 50.2. The van der Waals surface area contributed by atoms with Gasteiger partial charge in [-0.3, -0.25) is 4.79 Å². The maximum atomic E-state index is 11.7. The molecule has 4 aliphatic carbocycles. The van der Waals surface area contributed by atoms with Gasteiger partial charge in [-0.1, -0.05) is 13.8 Å². The van der Waals surface area contributed by atoms with Crippen LogP contribution in [0.3, 0.4) is 0 Å². The van der Waals surface area contributed by atoms with Gasteiger partial charge in [-0.05, 0) is 74.3 Å². The van der Waals surface area contributed by atoms with E-state index in [0.29, 0.717) is 11.8 Å². The first kappa shape index (κ1) is 19.0. The topological polar surface area (TPSA) is 81.9 Å². The third kappa shape index (κ3) is 2.36. The molecule has 1 aromatic heterocycles. The van der Waals surface area contributed by atoms with Gasteiger partial charge >= 0.3 is 5.97 Å². The number of ether oxygens (including phenoxy) is 2. The van der Waals surface area contributed by atoms with Gasteiger partial charge in [0.05, 0.1) is 18.1 Å². The van der Waals surface area contributed by atoms with Crippen molar-refractivity contribution in [2.24, 2.45) is 33.7 Å². The zero-order valence-electron chi connectivity index (χ0n) is 18.2. The Kier molecular flexibility index (Phi) is 3.89. The van der Waals surface area contributed by atoms with Crippen molar-refractivity contribution >= 4 is 11.7 Å². The van der Waals surface area contributed by atoms with Crippen molar-refractivity contribution in [1.82, 2.24) is 15.1 Å². The van der Waals surface area contributed by atoms with Crippen molar-refractivity contribution in [3.05, 3.63) is 12.4 Å². The maximum Gasteiger partial charge on any atom is 0.302 e. The van der Waals surface area contributed by atoms with Crippen molar-refractivity contribution in [3.8, 4) is 0 Å². The van der Waals surface area contributed by atoms with Crippen LogP contribution in [0.15, 0.2) is 17.5 Å². The molecule has 7 heteroatoms. The third-order valence-corrected chi connectivity index (χ3v) is 9.83. The van der Waals surface area contributed by atoms with E-state index in [9.17, 15) is 4.79 Å². The molecule has 5 aliphatic rings. The van der Waals surface area contributed by atoms with E-state index in [1.165, 1.54) is 19.3 Å². The second-order valence-corrected chi connectivity index (χ2v) is 10.9. The molecular weight excluding hydrogens is 380 g/mol. The van der Waals surface area contributed by atoms with Crippen LogP contribution in [0, 0.1) is 28.6 Å². The quantitative estimate of drug-likeness (QED) is 0.548. The number of hydrogen-bond acceptors (Lipinski definition) is 6. The Morgan fingerprint density at radius 1 is 1.20 bits per heavy atom. The van der Waals surface area contributed by atoms with Gasteiger partial charge in [0.2, 0.25) is 0 Å². The molecule has 0 bridgehead atoms. The minimum Gasteiger partial charge on any atom is -0.462 e. The van der Waals surface area contributed by atoms with Crippen LogP contribution in [0.1, 0.15) is 72.1 Å². The predicted octanol–water partition coefficient (Wildman–Crippen LogP) is 3.59. The first-order chi connectivity index (χ1) is 14.4. The van der Waals surface area contributed by atoms with Gasteiger partial charge in [0.15, 0.2) is 0 Å². The minimum absolute atomic E-state index is 0.0343. The number of rotatable bonds is 2. The number of epoxide rings is 1. The Hall–Kier alpha value is -1.76. The highest BCUT2D eigenvalue weighted by molar-refractivity contribution is 5.93. The Labute approximate surface area is 177 Å². The van der Waals surface area contributed by atoms with Crippen LogP contribution in [-0.4, -0.2) is 44.6 Å². The summed E-state index contributed by atoms with van der Waals surface area (Å²) in [4.78, 5) is 13.2. The van der Waals surface area contributed by atoms with Gasteiger partial charge < -0.3 is 9.47 Å². The number of esters is 1. The summed E-state index contributed by atoms with van der Waals surface area (Å²) in [5, 5.41) is 12.6. The summed E-state index contributed by atoms with van der Waals surface area (Å²) < 4.78 is 12.3. The average Bonchev–Trinajstić information content (AvgIpc) is 3.06. The highest BCUT2D eigenvalue weighted by atomic mass is 16.6. The number of nitrogens with zero attached hydrogens (tertiary/aromatic N) is 4. The summed E-state index contributed by atoms with van der Waals surface area (Å²) >= 11 is 0. The Bertz CT molecular complexity index is 900. The molecule has 8 unspecified atom stereocenters. The molecule has 7 nitrogen and oxygen atoms in total. The van der Waals surface area contributed by atoms with Crippen molar-refractivity contribution in [2.45, 2.75) is 89.9 Å². The van der Waals surface area contributed by atoms with E-state index in [0.717, 1.165) is 43.7 Å². The molecule has 30 heavy (non-hydrogen) atoms. The van der Waals surface area contributed by atoms with Gasteiger partial charge in [-0.15, -0.1) is 9.89 Å². The zero-order valence-corrected chi connectivity index (χ0v) is 18.2. The van der Waals surface area contributed by atoms with Crippen molar-refractivity contribution in [3.63, 3.8) is 0 Å². The molecule has 0 aromatic carbocycles. The summed E-state index contributed by atoms with van der Waals surface area (Å²) in [5.41, 5.74) is 1.45. The summed E-state index contributed by atoms with van der Waals surface area (Å²) in [6.07, 6.45) is 12.8. The maximum absolute atomic E-state index is 11.7. The first-order valence-corrected chi connectivity index (χ1v) is 11.7. The van der Waals surface area contributed by atoms with Gasteiger partial charge in [-0.2, -0.15) is 5.10 Å². The smallest absolute Gasteiger partial charge is 0.302 e. The SMILES string of the molecule is CC(=O)OC1CCC2C3CCC45OC4/C(=N/n4ccnn4)CCC5(C)C3CCC12C. The molecule has 0 amide bonds. The molecule has 2 heterocycles. The van der Waals surface area contributed by atoms with Gasteiger partial charge in [0.25, 0.3) is 0 Å². The van der Waals surface area contributed by atoms with E-state index in [1.54, 1.807) is 24.1 Å². The molecule has 5 fully saturated rings. The molecule has 1 saturated heterocycles. The van der Waals surface area contributed by atoms with E-state index < -0.39 is 0 Å². The molecule has 0 N–H and O–H groups in total. The lowest BCUT2D eigenvalue weighted by atomic mass is 9.45. The fraction of sp³-hybridized carbons (Fsp3) is 0.826. The molecule has 0 radical (unpaired) electrons. The third-order valence-electron chi connectivity index (χ3n) is 9.83.